The number of aryl methyl sites for hydroxylation is 2. The molecule has 2 amide bonds. The topological polar surface area (TPSA) is 55.9 Å². The van der Waals surface area contributed by atoms with E-state index in [-0.39, 0.29) is 17.9 Å². The fourth-order valence-electron chi connectivity index (χ4n) is 4.24. The largest absolute Gasteiger partial charge is 0.341 e. The van der Waals surface area contributed by atoms with Crippen LogP contribution < -0.4 is 5.32 Å². The Hall–Kier alpha value is -1.92. The van der Waals surface area contributed by atoms with Crippen molar-refractivity contribution in [3.63, 3.8) is 0 Å². The number of para-hydroxylation sites is 1. The highest BCUT2D eigenvalue weighted by Gasteiger charge is 2.29. The number of hydrogen-bond donors (Lipinski definition) is 1. The molecule has 0 aromatic heterocycles. The molecular weight excluding hydrogens is 352 g/mol. The first-order valence-electron chi connectivity index (χ1n) is 10.6. The number of benzene rings is 1. The van der Waals surface area contributed by atoms with Crippen LogP contribution in [0.3, 0.4) is 0 Å². The van der Waals surface area contributed by atoms with Crippen LogP contribution >= 0.6 is 0 Å². The Kier molecular flexibility index (Phi) is 7.08. The molecular formula is C22H34N4O2. The van der Waals surface area contributed by atoms with Gasteiger partial charge in [-0.25, -0.2) is 0 Å². The molecule has 1 aromatic rings. The van der Waals surface area contributed by atoms with E-state index in [9.17, 15) is 9.59 Å². The van der Waals surface area contributed by atoms with Gasteiger partial charge in [0.2, 0.25) is 11.8 Å². The average Bonchev–Trinajstić information content (AvgIpc) is 2.71. The van der Waals surface area contributed by atoms with Crippen LogP contribution in [-0.2, 0) is 9.59 Å². The Bertz CT molecular complexity index is 672. The van der Waals surface area contributed by atoms with E-state index in [2.05, 4.69) is 15.1 Å². The van der Waals surface area contributed by atoms with Crippen molar-refractivity contribution in [1.82, 2.24) is 14.7 Å². The van der Waals surface area contributed by atoms with E-state index in [0.29, 0.717) is 6.54 Å². The van der Waals surface area contributed by atoms with Crippen molar-refractivity contribution >= 4 is 17.5 Å². The minimum Gasteiger partial charge on any atom is -0.341 e. The fraction of sp³-hybridized carbons (Fsp3) is 0.636. The molecule has 1 N–H and O–H groups in total. The van der Waals surface area contributed by atoms with Crippen LogP contribution in [0.1, 0.15) is 37.3 Å². The van der Waals surface area contributed by atoms with Gasteiger partial charge in [0.25, 0.3) is 0 Å². The van der Waals surface area contributed by atoms with Crippen molar-refractivity contribution in [2.75, 3.05) is 51.1 Å². The average molecular weight is 387 g/mol. The summed E-state index contributed by atoms with van der Waals surface area (Å²) in [5, 5.41) is 3.07. The maximum atomic E-state index is 12.7. The molecule has 154 valence electrons. The number of likely N-dealkylation sites (tertiary alicyclic amines) is 1. The lowest BCUT2D eigenvalue weighted by molar-refractivity contribution is -0.138. The molecule has 0 radical (unpaired) electrons. The van der Waals surface area contributed by atoms with Crippen LogP contribution in [0.4, 0.5) is 5.69 Å². The highest BCUT2D eigenvalue weighted by molar-refractivity contribution is 5.93. The Labute approximate surface area is 168 Å². The number of carbonyl (C=O) groups excluding carboxylic acids is 2. The summed E-state index contributed by atoms with van der Waals surface area (Å²) in [6, 6.07) is 5.97. The van der Waals surface area contributed by atoms with Gasteiger partial charge in [0.05, 0.1) is 12.6 Å². The number of rotatable bonds is 5. The first kappa shape index (κ1) is 20.8. The van der Waals surface area contributed by atoms with Crippen molar-refractivity contribution in [3.05, 3.63) is 29.3 Å². The van der Waals surface area contributed by atoms with E-state index in [1.165, 1.54) is 6.42 Å². The van der Waals surface area contributed by atoms with Crippen molar-refractivity contribution < 1.29 is 9.59 Å². The van der Waals surface area contributed by atoms with Crippen molar-refractivity contribution in [1.29, 1.82) is 0 Å². The number of nitrogens with zero attached hydrogens (tertiary/aromatic N) is 3. The number of anilines is 1. The van der Waals surface area contributed by atoms with Gasteiger partial charge in [0, 0.05) is 45.0 Å². The Morgan fingerprint density at radius 3 is 2.18 bits per heavy atom. The summed E-state index contributed by atoms with van der Waals surface area (Å²) >= 11 is 0. The first-order valence-corrected chi connectivity index (χ1v) is 10.6. The molecule has 2 aliphatic rings. The molecule has 0 bridgehead atoms. The van der Waals surface area contributed by atoms with Gasteiger partial charge in [0.1, 0.15) is 0 Å². The Morgan fingerprint density at radius 2 is 1.57 bits per heavy atom. The summed E-state index contributed by atoms with van der Waals surface area (Å²) in [6.45, 7) is 11.6. The number of amides is 2. The quantitative estimate of drug-likeness (QED) is 0.843. The zero-order valence-corrected chi connectivity index (χ0v) is 17.5. The molecule has 6 nitrogen and oxygen atoms in total. The molecule has 1 unspecified atom stereocenters. The van der Waals surface area contributed by atoms with Crippen LogP contribution in [0.2, 0.25) is 0 Å². The Morgan fingerprint density at radius 1 is 0.964 bits per heavy atom. The maximum Gasteiger partial charge on any atom is 0.239 e. The van der Waals surface area contributed by atoms with Gasteiger partial charge in [-0.15, -0.1) is 0 Å². The van der Waals surface area contributed by atoms with Crippen molar-refractivity contribution in [2.24, 2.45) is 0 Å². The summed E-state index contributed by atoms with van der Waals surface area (Å²) < 4.78 is 0. The van der Waals surface area contributed by atoms with Gasteiger partial charge in [-0.2, -0.15) is 0 Å². The number of piperidine rings is 1. The fourth-order valence-corrected chi connectivity index (χ4v) is 4.24. The summed E-state index contributed by atoms with van der Waals surface area (Å²) in [6.07, 6.45) is 3.49. The second kappa shape index (κ2) is 9.52. The van der Waals surface area contributed by atoms with E-state index in [4.69, 9.17) is 0 Å². The highest BCUT2D eigenvalue weighted by Crippen LogP contribution is 2.19. The molecule has 2 heterocycles. The molecule has 2 aliphatic heterocycles. The molecule has 3 rings (SSSR count). The van der Waals surface area contributed by atoms with Gasteiger partial charge in [-0.3, -0.25) is 19.4 Å². The second-order valence-corrected chi connectivity index (χ2v) is 8.19. The third-order valence-electron chi connectivity index (χ3n) is 6.09. The first-order chi connectivity index (χ1) is 13.5. The van der Waals surface area contributed by atoms with Crippen LogP contribution in [0.15, 0.2) is 18.2 Å². The maximum absolute atomic E-state index is 12.7. The van der Waals surface area contributed by atoms with Gasteiger partial charge >= 0.3 is 0 Å². The van der Waals surface area contributed by atoms with Crippen LogP contribution in [0.25, 0.3) is 0 Å². The third-order valence-corrected chi connectivity index (χ3v) is 6.09. The van der Waals surface area contributed by atoms with Gasteiger partial charge < -0.3 is 10.2 Å². The molecule has 1 aromatic carbocycles. The molecule has 0 aliphatic carbocycles. The minimum absolute atomic E-state index is 0.0308. The van der Waals surface area contributed by atoms with E-state index in [0.717, 1.165) is 68.9 Å². The predicted octanol–water partition coefficient (Wildman–Crippen LogP) is 2.26. The normalized spacial score (nSPS) is 20.0. The zero-order valence-electron chi connectivity index (χ0n) is 17.5. The molecule has 1 atom stereocenters. The monoisotopic (exact) mass is 386 g/mol. The highest BCUT2D eigenvalue weighted by atomic mass is 16.2. The van der Waals surface area contributed by atoms with Crippen LogP contribution in [0.5, 0.6) is 0 Å². The van der Waals surface area contributed by atoms with Gasteiger partial charge in [0.15, 0.2) is 0 Å². The molecule has 0 spiro atoms. The molecule has 28 heavy (non-hydrogen) atoms. The third kappa shape index (κ3) is 5.11. The van der Waals surface area contributed by atoms with E-state index in [1.807, 2.05) is 43.9 Å². The van der Waals surface area contributed by atoms with E-state index in [1.54, 1.807) is 0 Å². The summed E-state index contributed by atoms with van der Waals surface area (Å²) in [4.78, 5) is 31.7. The standard InChI is InChI=1S/C22H34N4O2/c1-17-8-7-9-18(2)21(17)23-20(27)16-24-12-14-25(15-13-24)19(3)22(28)26-10-5-4-6-11-26/h7-9,19H,4-6,10-16H2,1-3H3,(H,23,27). The second-order valence-electron chi connectivity index (χ2n) is 8.19. The van der Waals surface area contributed by atoms with E-state index >= 15 is 0 Å². The van der Waals surface area contributed by atoms with Crippen molar-refractivity contribution in [3.8, 4) is 0 Å². The lowest BCUT2D eigenvalue weighted by atomic mass is 10.1. The van der Waals surface area contributed by atoms with Crippen LogP contribution in [0, 0.1) is 13.8 Å². The molecule has 2 saturated heterocycles. The lowest BCUT2D eigenvalue weighted by Gasteiger charge is -2.39. The molecule has 2 fully saturated rings. The van der Waals surface area contributed by atoms with Crippen LogP contribution in [-0.4, -0.2) is 78.4 Å². The number of carbonyl (C=O) groups is 2. The predicted molar refractivity (Wildman–Crippen MR) is 112 cm³/mol. The summed E-state index contributed by atoms with van der Waals surface area (Å²) in [5.74, 6) is 0.296. The number of hydrogen-bond acceptors (Lipinski definition) is 4. The van der Waals surface area contributed by atoms with Gasteiger partial charge in [-0.05, 0) is 51.2 Å². The van der Waals surface area contributed by atoms with Gasteiger partial charge in [-0.1, -0.05) is 18.2 Å². The number of piperazine rings is 1. The summed E-state index contributed by atoms with van der Waals surface area (Å²) in [5.41, 5.74) is 3.10. The minimum atomic E-state index is -0.0660. The Balaban J connectivity index is 1.46. The number of nitrogens with one attached hydrogen (secondary N) is 1. The summed E-state index contributed by atoms with van der Waals surface area (Å²) in [7, 11) is 0. The smallest absolute Gasteiger partial charge is 0.239 e. The molecule has 6 heteroatoms. The lowest BCUT2D eigenvalue weighted by Crippen LogP contribution is -2.55. The molecule has 0 saturated carbocycles. The zero-order chi connectivity index (χ0) is 20.1. The van der Waals surface area contributed by atoms with Crippen molar-refractivity contribution in [2.45, 2.75) is 46.1 Å². The SMILES string of the molecule is Cc1cccc(C)c1NC(=O)CN1CCN(C(C)C(=O)N2CCCCC2)CC1. The van der Waals surface area contributed by atoms with E-state index < -0.39 is 0 Å².